The highest BCUT2D eigenvalue weighted by Gasteiger charge is 2.35. The lowest BCUT2D eigenvalue weighted by Crippen LogP contribution is -2.28. The van der Waals surface area contributed by atoms with Gasteiger partial charge in [-0.3, -0.25) is 9.59 Å². The third-order valence-corrected chi connectivity index (χ3v) is 5.10. The molecule has 26 heavy (non-hydrogen) atoms. The van der Waals surface area contributed by atoms with Gasteiger partial charge in [-0.2, -0.15) is 0 Å². The molecule has 0 bridgehead atoms. The van der Waals surface area contributed by atoms with E-state index >= 15 is 0 Å². The molecule has 0 radical (unpaired) electrons. The smallest absolute Gasteiger partial charge is 0.231 e. The van der Waals surface area contributed by atoms with Crippen LogP contribution in [-0.4, -0.2) is 41.8 Å². The van der Waals surface area contributed by atoms with Crippen molar-refractivity contribution in [3.63, 3.8) is 0 Å². The number of nitrogens with zero attached hydrogens (tertiary/aromatic N) is 3. The molecular weight excluding hydrogens is 352 g/mol. The fourth-order valence-corrected chi connectivity index (χ4v) is 3.50. The van der Waals surface area contributed by atoms with Crippen LogP contribution in [0.5, 0.6) is 0 Å². The summed E-state index contributed by atoms with van der Waals surface area (Å²) in [6.45, 7) is 5.56. The number of aromatic nitrogens is 2. The first-order valence-electron chi connectivity index (χ1n) is 8.65. The van der Waals surface area contributed by atoms with E-state index in [9.17, 15) is 9.59 Å². The van der Waals surface area contributed by atoms with Gasteiger partial charge in [-0.25, -0.2) is 0 Å². The number of ether oxygens (including phenoxy) is 1. The summed E-state index contributed by atoms with van der Waals surface area (Å²) in [5.74, 6) is -0.622. The van der Waals surface area contributed by atoms with Crippen molar-refractivity contribution in [3.8, 4) is 0 Å². The summed E-state index contributed by atoms with van der Waals surface area (Å²) in [6.07, 6.45) is 0.875. The molecule has 2 aromatic rings. The average Bonchev–Trinajstić information content (AvgIpc) is 3.23. The summed E-state index contributed by atoms with van der Waals surface area (Å²) in [5.41, 5.74) is 1.95. The van der Waals surface area contributed by atoms with Crippen LogP contribution in [0.25, 0.3) is 0 Å². The summed E-state index contributed by atoms with van der Waals surface area (Å²) < 4.78 is 5.29. The van der Waals surface area contributed by atoms with Crippen molar-refractivity contribution in [1.29, 1.82) is 0 Å². The predicted molar refractivity (Wildman–Crippen MR) is 100 cm³/mol. The van der Waals surface area contributed by atoms with Gasteiger partial charge in [-0.1, -0.05) is 29.0 Å². The van der Waals surface area contributed by atoms with E-state index in [0.717, 1.165) is 16.3 Å². The van der Waals surface area contributed by atoms with Gasteiger partial charge in [-0.05, 0) is 26.0 Å². The normalized spacial score (nSPS) is 16.9. The van der Waals surface area contributed by atoms with Gasteiger partial charge in [0.2, 0.25) is 16.9 Å². The van der Waals surface area contributed by atoms with Crippen molar-refractivity contribution in [2.45, 2.75) is 26.7 Å². The maximum absolute atomic E-state index is 12.5. The Morgan fingerprint density at radius 3 is 2.85 bits per heavy atom. The largest absolute Gasteiger partial charge is 0.381 e. The molecule has 2 heterocycles. The Balaban J connectivity index is 1.57. The maximum Gasteiger partial charge on any atom is 0.231 e. The molecule has 1 fully saturated rings. The van der Waals surface area contributed by atoms with Gasteiger partial charge in [0, 0.05) is 31.7 Å². The topological polar surface area (TPSA) is 84.4 Å². The van der Waals surface area contributed by atoms with Crippen LogP contribution in [0.3, 0.4) is 0 Å². The fraction of sp³-hybridized carbons (Fsp3) is 0.444. The summed E-state index contributed by atoms with van der Waals surface area (Å²) in [4.78, 5) is 26.4. The molecule has 1 aliphatic rings. The zero-order chi connectivity index (χ0) is 18.5. The summed E-state index contributed by atoms with van der Waals surface area (Å²) in [7, 11) is 0. The SMILES string of the molecule is CCOCCc1nnc(NC(=O)[C@H]2CC(=O)N(c3ccc(C)cc3)C2)s1. The standard InChI is InChI=1S/C18H22N4O3S/c1-3-25-9-8-15-20-21-18(26-15)19-17(24)13-10-16(23)22(11-13)14-6-4-12(2)5-7-14/h4-7,13H,3,8-11H2,1-2H3,(H,19,21,24)/t13-/m0/s1. The highest BCUT2D eigenvalue weighted by Crippen LogP contribution is 2.26. The second-order valence-corrected chi connectivity index (χ2v) is 7.24. The Bertz CT molecular complexity index is 775. The van der Waals surface area contributed by atoms with Crippen LogP contribution in [0.2, 0.25) is 0 Å². The summed E-state index contributed by atoms with van der Waals surface area (Å²) in [5, 5.41) is 12.1. The second-order valence-electron chi connectivity index (χ2n) is 6.18. The molecule has 7 nitrogen and oxygen atoms in total. The van der Waals surface area contributed by atoms with Gasteiger partial charge in [0.15, 0.2) is 0 Å². The minimum Gasteiger partial charge on any atom is -0.381 e. The lowest BCUT2D eigenvalue weighted by molar-refractivity contribution is -0.122. The molecule has 0 unspecified atom stereocenters. The Labute approximate surface area is 156 Å². The fourth-order valence-electron chi connectivity index (χ4n) is 2.77. The number of benzene rings is 1. The number of hydrogen-bond acceptors (Lipinski definition) is 6. The van der Waals surface area contributed by atoms with E-state index in [0.29, 0.717) is 31.3 Å². The Hall–Kier alpha value is -2.32. The first-order valence-corrected chi connectivity index (χ1v) is 9.46. The van der Waals surface area contributed by atoms with Gasteiger partial charge in [0.1, 0.15) is 5.01 Å². The van der Waals surface area contributed by atoms with Gasteiger partial charge < -0.3 is 15.0 Å². The van der Waals surface area contributed by atoms with E-state index in [4.69, 9.17) is 4.74 Å². The van der Waals surface area contributed by atoms with Gasteiger partial charge >= 0.3 is 0 Å². The Kier molecular flexibility index (Phi) is 5.95. The predicted octanol–water partition coefficient (Wildman–Crippen LogP) is 2.42. The van der Waals surface area contributed by atoms with Crippen LogP contribution in [0.15, 0.2) is 24.3 Å². The van der Waals surface area contributed by atoms with Crippen molar-refractivity contribution >= 4 is 34.0 Å². The first kappa shape index (κ1) is 18.5. The number of aryl methyl sites for hydroxylation is 1. The maximum atomic E-state index is 12.5. The molecule has 1 aliphatic heterocycles. The number of amides is 2. The van der Waals surface area contributed by atoms with Gasteiger partial charge in [0.05, 0.1) is 12.5 Å². The van der Waals surface area contributed by atoms with Crippen molar-refractivity contribution in [3.05, 3.63) is 34.8 Å². The number of carbonyl (C=O) groups is 2. The Morgan fingerprint density at radius 2 is 2.12 bits per heavy atom. The van der Waals surface area contributed by atoms with Crippen LogP contribution in [0.1, 0.15) is 23.9 Å². The minimum atomic E-state index is -0.389. The molecule has 0 spiro atoms. The highest BCUT2D eigenvalue weighted by molar-refractivity contribution is 7.15. The van der Waals surface area contributed by atoms with E-state index in [-0.39, 0.29) is 24.2 Å². The van der Waals surface area contributed by atoms with Crippen molar-refractivity contribution < 1.29 is 14.3 Å². The third kappa shape index (κ3) is 4.44. The number of anilines is 2. The van der Waals surface area contributed by atoms with E-state index in [1.165, 1.54) is 11.3 Å². The van der Waals surface area contributed by atoms with Gasteiger partial charge in [0.25, 0.3) is 0 Å². The first-order chi connectivity index (χ1) is 12.6. The van der Waals surface area contributed by atoms with E-state index in [1.807, 2.05) is 38.1 Å². The molecule has 0 aliphatic carbocycles. The number of nitrogens with one attached hydrogen (secondary N) is 1. The quantitative estimate of drug-likeness (QED) is 0.753. The lowest BCUT2D eigenvalue weighted by Gasteiger charge is -2.16. The molecule has 1 aromatic carbocycles. The van der Waals surface area contributed by atoms with Crippen LogP contribution in [0, 0.1) is 12.8 Å². The zero-order valence-corrected chi connectivity index (χ0v) is 15.7. The van der Waals surface area contributed by atoms with Crippen LogP contribution in [0.4, 0.5) is 10.8 Å². The van der Waals surface area contributed by atoms with Crippen LogP contribution >= 0.6 is 11.3 Å². The molecule has 0 saturated carbocycles. The third-order valence-electron chi connectivity index (χ3n) is 4.20. The van der Waals surface area contributed by atoms with Crippen molar-refractivity contribution in [2.24, 2.45) is 5.92 Å². The molecule has 1 atom stereocenters. The second kappa shape index (κ2) is 8.37. The summed E-state index contributed by atoms with van der Waals surface area (Å²) in [6, 6.07) is 7.73. The monoisotopic (exact) mass is 374 g/mol. The molecule has 1 N–H and O–H groups in total. The number of carbonyl (C=O) groups excluding carboxylic acids is 2. The molecule has 8 heteroatoms. The molecule has 2 amide bonds. The Morgan fingerprint density at radius 1 is 1.35 bits per heavy atom. The van der Waals surface area contributed by atoms with E-state index in [1.54, 1.807) is 4.90 Å². The van der Waals surface area contributed by atoms with Crippen molar-refractivity contribution in [2.75, 3.05) is 30.0 Å². The van der Waals surface area contributed by atoms with E-state index < -0.39 is 0 Å². The number of hydrogen-bond donors (Lipinski definition) is 1. The van der Waals surface area contributed by atoms with Crippen molar-refractivity contribution in [1.82, 2.24) is 10.2 Å². The van der Waals surface area contributed by atoms with Gasteiger partial charge in [-0.15, -0.1) is 10.2 Å². The highest BCUT2D eigenvalue weighted by atomic mass is 32.1. The molecular formula is C18H22N4O3S. The average molecular weight is 374 g/mol. The van der Waals surface area contributed by atoms with Crippen LogP contribution in [-0.2, 0) is 20.7 Å². The lowest BCUT2D eigenvalue weighted by atomic mass is 10.1. The number of rotatable bonds is 7. The van der Waals surface area contributed by atoms with Crippen LogP contribution < -0.4 is 10.2 Å². The van der Waals surface area contributed by atoms with E-state index in [2.05, 4.69) is 15.5 Å². The molecule has 138 valence electrons. The molecule has 1 saturated heterocycles. The molecule has 1 aromatic heterocycles. The molecule has 3 rings (SSSR count). The summed E-state index contributed by atoms with van der Waals surface area (Å²) >= 11 is 1.34. The zero-order valence-electron chi connectivity index (χ0n) is 14.9. The minimum absolute atomic E-state index is 0.0383.